The molecule has 2 rings (SSSR count). The summed E-state index contributed by atoms with van der Waals surface area (Å²) >= 11 is 0. The summed E-state index contributed by atoms with van der Waals surface area (Å²) in [6, 6.07) is 2.78. The smallest absolute Gasteiger partial charge is 0.425 e. The van der Waals surface area contributed by atoms with Gasteiger partial charge in [0.1, 0.15) is 0 Å². The van der Waals surface area contributed by atoms with E-state index in [9.17, 15) is 36.5 Å². The minimum absolute atomic E-state index is 0.149. The van der Waals surface area contributed by atoms with E-state index in [-0.39, 0.29) is 11.4 Å². The van der Waals surface area contributed by atoms with Crippen LogP contribution in [0.5, 0.6) is 12.0 Å². The third-order valence-corrected chi connectivity index (χ3v) is 3.41. The van der Waals surface area contributed by atoms with Crippen LogP contribution in [0.1, 0.15) is 13.8 Å². The van der Waals surface area contributed by atoms with Crippen molar-refractivity contribution in [2.24, 2.45) is 0 Å². The van der Waals surface area contributed by atoms with Crippen LogP contribution < -0.4 is 14.8 Å². The van der Waals surface area contributed by atoms with Crippen molar-refractivity contribution >= 4 is 17.3 Å². The monoisotopic (exact) mass is 441 g/mol. The molecule has 2 aromatic rings. The van der Waals surface area contributed by atoms with E-state index in [1.807, 2.05) is 0 Å². The highest BCUT2D eigenvalue weighted by Crippen LogP contribution is 2.27. The molecule has 0 amide bonds. The number of halogens is 6. The molecule has 1 heterocycles. The molecule has 1 N–H and O–H groups in total. The molecule has 0 radical (unpaired) electrons. The summed E-state index contributed by atoms with van der Waals surface area (Å²) in [4.78, 5) is 20.4. The van der Waals surface area contributed by atoms with Crippen molar-refractivity contribution in [3.8, 4) is 12.0 Å². The Morgan fingerprint density at radius 3 is 1.70 bits per heavy atom. The number of non-ortho nitro benzene ring substituents is 1. The molecular weight excluding hydrogens is 428 g/mol. The Balaban J connectivity index is 2.33. The zero-order valence-corrected chi connectivity index (χ0v) is 15.2. The molecule has 0 spiro atoms. The van der Waals surface area contributed by atoms with E-state index < -0.39 is 47.5 Å². The molecule has 1 aromatic carbocycles. The molecule has 2 atom stereocenters. The average molecular weight is 441 g/mol. The van der Waals surface area contributed by atoms with Gasteiger partial charge in [0.2, 0.25) is 5.95 Å². The molecule has 0 aliphatic carbocycles. The topological polar surface area (TPSA) is 112 Å². The van der Waals surface area contributed by atoms with Crippen molar-refractivity contribution in [2.75, 3.05) is 5.32 Å². The van der Waals surface area contributed by atoms with Crippen LogP contribution >= 0.6 is 0 Å². The number of rotatable bonds is 7. The molecule has 0 saturated carbocycles. The fourth-order valence-corrected chi connectivity index (χ4v) is 1.74. The van der Waals surface area contributed by atoms with Crippen molar-refractivity contribution in [3.05, 3.63) is 34.4 Å². The first-order valence-corrected chi connectivity index (χ1v) is 8.00. The predicted octanol–water partition coefficient (Wildman–Crippen LogP) is 4.18. The van der Waals surface area contributed by atoms with Crippen molar-refractivity contribution in [2.45, 2.75) is 38.4 Å². The van der Waals surface area contributed by atoms with Gasteiger partial charge in [0.05, 0.1) is 4.92 Å². The molecule has 1 aromatic heterocycles. The fraction of sp³-hybridized carbons (Fsp3) is 0.400. The second-order valence-corrected chi connectivity index (χ2v) is 5.76. The lowest BCUT2D eigenvalue weighted by Crippen LogP contribution is -2.33. The zero-order valence-electron chi connectivity index (χ0n) is 15.2. The van der Waals surface area contributed by atoms with Crippen molar-refractivity contribution in [1.82, 2.24) is 15.0 Å². The van der Waals surface area contributed by atoms with E-state index in [0.29, 0.717) is 13.8 Å². The number of benzene rings is 1. The molecule has 30 heavy (non-hydrogen) atoms. The Hall–Kier alpha value is -3.39. The molecule has 0 saturated heterocycles. The molecule has 2 unspecified atom stereocenters. The number of ether oxygens (including phenoxy) is 2. The third-order valence-electron chi connectivity index (χ3n) is 3.41. The van der Waals surface area contributed by atoms with Gasteiger partial charge in [-0.3, -0.25) is 10.1 Å². The zero-order chi connectivity index (χ0) is 22.7. The van der Waals surface area contributed by atoms with Crippen LogP contribution in [-0.4, -0.2) is 44.4 Å². The second-order valence-electron chi connectivity index (χ2n) is 5.76. The van der Waals surface area contributed by atoms with Crippen LogP contribution in [0.15, 0.2) is 24.3 Å². The minimum Gasteiger partial charge on any atom is -0.451 e. The van der Waals surface area contributed by atoms with Crippen LogP contribution in [0, 0.1) is 10.1 Å². The Kier molecular flexibility index (Phi) is 6.52. The summed E-state index contributed by atoms with van der Waals surface area (Å²) in [5.74, 6) is -0.507. The summed E-state index contributed by atoms with van der Waals surface area (Å²) < 4.78 is 85.3. The summed E-state index contributed by atoms with van der Waals surface area (Å²) in [6.45, 7) is 1.29. The number of alkyl halides is 6. The molecule has 9 nitrogen and oxygen atoms in total. The molecule has 164 valence electrons. The van der Waals surface area contributed by atoms with Gasteiger partial charge >= 0.3 is 24.4 Å². The van der Waals surface area contributed by atoms with Crippen molar-refractivity contribution in [3.63, 3.8) is 0 Å². The fourth-order valence-electron chi connectivity index (χ4n) is 1.74. The van der Waals surface area contributed by atoms with E-state index in [4.69, 9.17) is 0 Å². The van der Waals surface area contributed by atoms with E-state index in [2.05, 4.69) is 29.7 Å². The first-order chi connectivity index (χ1) is 13.8. The van der Waals surface area contributed by atoms with Gasteiger partial charge in [-0.2, -0.15) is 36.3 Å². The molecule has 15 heteroatoms. The molecule has 0 bridgehead atoms. The summed E-state index contributed by atoms with van der Waals surface area (Å²) in [6.07, 6.45) is -14.3. The molecule has 0 fully saturated rings. The number of nitro groups is 1. The molecular formula is C15H13F6N5O4. The van der Waals surface area contributed by atoms with Gasteiger partial charge in [-0.1, -0.05) is 0 Å². The van der Waals surface area contributed by atoms with E-state index >= 15 is 0 Å². The van der Waals surface area contributed by atoms with Crippen LogP contribution in [0.2, 0.25) is 0 Å². The lowest BCUT2D eigenvalue weighted by molar-refractivity contribution is -0.384. The number of hydrogen-bond donors (Lipinski definition) is 1. The summed E-state index contributed by atoms with van der Waals surface area (Å²) in [7, 11) is 0. The summed E-state index contributed by atoms with van der Waals surface area (Å²) in [5, 5.41) is 13.1. The maximum Gasteiger partial charge on any atom is 0.425 e. The minimum atomic E-state index is -4.79. The number of anilines is 2. The standard InChI is InChI=1S/C15H13F6N5O4/c1-7(14(16,17)18)29-12-23-11(22-9-3-5-10(6-4-9)26(27)28)24-13(25-12)30-8(2)15(19,20)21/h3-8H,1-2H3,(H,22,23,24,25). The number of nitrogens with zero attached hydrogens (tertiary/aromatic N) is 4. The van der Waals surface area contributed by atoms with Gasteiger partial charge in [-0.05, 0) is 26.0 Å². The Bertz CT molecular complexity index is 850. The molecule has 0 aliphatic heterocycles. The Labute approximate surface area is 164 Å². The van der Waals surface area contributed by atoms with Gasteiger partial charge in [0.15, 0.2) is 12.2 Å². The molecule has 0 aliphatic rings. The highest BCUT2D eigenvalue weighted by atomic mass is 19.4. The van der Waals surface area contributed by atoms with Crippen molar-refractivity contribution < 1.29 is 40.7 Å². The Morgan fingerprint density at radius 2 is 1.33 bits per heavy atom. The van der Waals surface area contributed by atoms with Gasteiger partial charge in [-0.15, -0.1) is 4.98 Å². The first-order valence-electron chi connectivity index (χ1n) is 8.00. The van der Waals surface area contributed by atoms with Gasteiger partial charge in [0, 0.05) is 17.8 Å². The van der Waals surface area contributed by atoms with E-state index in [1.165, 1.54) is 12.1 Å². The second kappa shape index (κ2) is 8.54. The summed E-state index contributed by atoms with van der Waals surface area (Å²) in [5.41, 5.74) is -0.0984. The lowest BCUT2D eigenvalue weighted by atomic mass is 10.3. The number of nitrogens with one attached hydrogen (secondary N) is 1. The van der Waals surface area contributed by atoms with Crippen LogP contribution in [0.4, 0.5) is 43.7 Å². The van der Waals surface area contributed by atoms with Crippen LogP contribution in [0.3, 0.4) is 0 Å². The van der Waals surface area contributed by atoms with Gasteiger partial charge in [-0.25, -0.2) is 0 Å². The average Bonchev–Trinajstić information content (AvgIpc) is 2.60. The highest BCUT2D eigenvalue weighted by molar-refractivity contribution is 5.55. The maximum atomic E-state index is 12.7. The SMILES string of the molecule is CC(Oc1nc(Nc2ccc([N+](=O)[O-])cc2)nc(OC(C)C(F)(F)F)n1)C(F)(F)F. The lowest BCUT2D eigenvalue weighted by Gasteiger charge is -2.19. The van der Waals surface area contributed by atoms with Gasteiger partial charge in [0.25, 0.3) is 5.69 Å². The largest absolute Gasteiger partial charge is 0.451 e. The van der Waals surface area contributed by atoms with E-state index in [0.717, 1.165) is 12.1 Å². The van der Waals surface area contributed by atoms with Crippen LogP contribution in [0.25, 0.3) is 0 Å². The predicted molar refractivity (Wildman–Crippen MR) is 88.5 cm³/mol. The number of hydrogen-bond acceptors (Lipinski definition) is 8. The first kappa shape index (κ1) is 22.9. The quantitative estimate of drug-likeness (QED) is 0.387. The van der Waals surface area contributed by atoms with E-state index in [1.54, 1.807) is 0 Å². The highest BCUT2D eigenvalue weighted by Gasteiger charge is 2.40. The maximum absolute atomic E-state index is 12.7. The normalized spacial score (nSPS) is 14.0. The number of aromatic nitrogens is 3. The van der Waals surface area contributed by atoms with Gasteiger partial charge < -0.3 is 14.8 Å². The van der Waals surface area contributed by atoms with Crippen molar-refractivity contribution in [1.29, 1.82) is 0 Å². The van der Waals surface area contributed by atoms with Crippen LogP contribution in [-0.2, 0) is 0 Å². The Morgan fingerprint density at radius 1 is 0.900 bits per heavy atom. The number of nitro benzene ring substituents is 1. The third kappa shape index (κ3) is 6.31.